The van der Waals surface area contributed by atoms with E-state index in [0.29, 0.717) is 6.54 Å². The molecule has 0 spiro atoms. The summed E-state index contributed by atoms with van der Waals surface area (Å²) in [6.07, 6.45) is 2.54. The smallest absolute Gasteiger partial charge is 0.387 e. The van der Waals surface area contributed by atoms with Crippen LogP contribution in [0.4, 0.5) is 13.6 Å². The van der Waals surface area contributed by atoms with Gasteiger partial charge in [0.25, 0.3) is 0 Å². The molecule has 0 saturated heterocycles. The van der Waals surface area contributed by atoms with E-state index >= 15 is 0 Å². The van der Waals surface area contributed by atoms with Crippen LogP contribution < -0.4 is 15.4 Å². The number of hydrogen-bond acceptors (Lipinski definition) is 3. The van der Waals surface area contributed by atoms with Crippen molar-refractivity contribution < 1.29 is 23.1 Å². The third-order valence-corrected chi connectivity index (χ3v) is 5.27. The van der Waals surface area contributed by atoms with Gasteiger partial charge in [0.05, 0.1) is 6.04 Å². The van der Waals surface area contributed by atoms with Gasteiger partial charge in [-0.1, -0.05) is 36.4 Å². The van der Waals surface area contributed by atoms with Crippen molar-refractivity contribution in [2.45, 2.75) is 44.9 Å². The summed E-state index contributed by atoms with van der Waals surface area (Å²) < 4.78 is 29.3. The maximum atomic E-state index is 12.4. The number of urea groups is 1. The van der Waals surface area contributed by atoms with E-state index in [4.69, 9.17) is 0 Å². The van der Waals surface area contributed by atoms with E-state index in [9.17, 15) is 18.4 Å². The van der Waals surface area contributed by atoms with Crippen molar-refractivity contribution in [2.24, 2.45) is 0 Å². The number of benzene rings is 2. The first-order valence-electron chi connectivity index (χ1n) is 10.3. The Labute approximate surface area is 180 Å². The minimum atomic E-state index is -2.87. The molecular weight excluding hydrogens is 404 g/mol. The number of carbonyl (C=O) groups excluding carboxylic acids is 2. The summed E-state index contributed by atoms with van der Waals surface area (Å²) in [4.78, 5) is 26.2. The molecule has 0 aromatic heterocycles. The third-order valence-electron chi connectivity index (χ3n) is 5.27. The van der Waals surface area contributed by atoms with E-state index in [1.807, 2.05) is 30.3 Å². The van der Waals surface area contributed by atoms with Crippen molar-refractivity contribution in [1.29, 1.82) is 0 Å². The number of amides is 3. The minimum Gasteiger partial charge on any atom is -0.435 e. The molecule has 2 aromatic rings. The number of halogens is 2. The quantitative estimate of drug-likeness (QED) is 0.664. The van der Waals surface area contributed by atoms with Crippen LogP contribution >= 0.6 is 0 Å². The van der Waals surface area contributed by atoms with E-state index in [1.165, 1.54) is 6.07 Å². The van der Waals surface area contributed by atoms with Crippen LogP contribution in [0.25, 0.3) is 0 Å². The van der Waals surface area contributed by atoms with Gasteiger partial charge in [-0.3, -0.25) is 4.79 Å². The maximum Gasteiger partial charge on any atom is 0.387 e. The minimum absolute atomic E-state index is 0.0567. The fraction of sp³-hybridized carbons (Fsp3) is 0.391. The Morgan fingerprint density at radius 3 is 2.71 bits per heavy atom. The Morgan fingerprint density at radius 1 is 1.19 bits per heavy atom. The number of nitrogens with zero attached hydrogens (tertiary/aromatic N) is 1. The van der Waals surface area contributed by atoms with Crippen LogP contribution in [0.15, 0.2) is 48.5 Å². The van der Waals surface area contributed by atoms with Gasteiger partial charge in [-0.05, 0) is 48.1 Å². The zero-order valence-electron chi connectivity index (χ0n) is 17.4. The molecule has 1 aliphatic carbocycles. The predicted molar refractivity (Wildman–Crippen MR) is 113 cm³/mol. The van der Waals surface area contributed by atoms with E-state index < -0.39 is 6.61 Å². The highest BCUT2D eigenvalue weighted by Gasteiger charge is 2.23. The summed E-state index contributed by atoms with van der Waals surface area (Å²) in [6, 6.07) is 13.9. The summed E-state index contributed by atoms with van der Waals surface area (Å²) >= 11 is 0. The molecule has 1 unspecified atom stereocenters. The van der Waals surface area contributed by atoms with Gasteiger partial charge < -0.3 is 20.3 Å². The fourth-order valence-electron chi connectivity index (χ4n) is 3.75. The normalized spacial score (nSPS) is 15.2. The Balaban J connectivity index is 1.45. The molecule has 8 heteroatoms. The molecule has 2 N–H and O–H groups in total. The maximum absolute atomic E-state index is 12.4. The Bertz CT molecular complexity index is 893. The van der Waals surface area contributed by atoms with Crippen LogP contribution in [-0.2, 0) is 17.8 Å². The van der Waals surface area contributed by atoms with Crippen molar-refractivity contribution in [1.82, 2.24) is 15.5 Å². The van der Waals surface area contributed by atoms with Crippen molar-refractivity contribution in [3.8, 4) is 5.75 Å². The summed E-state index contributed by atoms with van der Waals surface area (Å²) in [7, 11) is 1.74. The molecular formula is C23H27F2N3O3. The van der Waals surface area contributed by atoms with Crippen LogP contribution in [0.1, 0.15) is 42.0 Å². The molecule has 0 radical (unpaired) electrons. The highest BCUT2D eigenvalue weighted by molar-refractivity contribution is 5.78. The number of ether oxygens (including phenoxy) is 1. The highest BCUT2D eigenvalue weighted by atomic mass is 19.3. The molecule has 0 aliphatic heterocycles. The lowest BCUT2D eigenvalue weighted by molar-refractivity contribution is -0.130. The van der Waals surface area contributed by atoms with Crippen LogP contribution in [0.2, 0.25) is 0 Å². The van der Waals surface area contributed by atoms with Crippen LogP contribution in [-0.4, -0.2) is 37.0 Å². The van der Waals surface area contributed by atoms with E-state index in [-0.39, 0.29) is 36.7 Å². The molecule has 0 saturated carbocycles. The van der Waals surface area contributed by atoms with Crippen molar-refractivity contribution in [3.05, 3.63) is 65.2 Å². The molecule has 1 aliphatic rings. The number of nitrogens with one attached hydrogen (secondary N) is 2. The van der Waals surface area contributed by atoms with Gasteiger partial charge in [0.15, 0.2) is 0 Å². The Hall–Kier alpha value is -3.16. The first kappa shape index (κ1) is 22.5. The number of alkyl halides is 2. The Kier molecular flexibility index (Phi) is 7.81. The van der Waals surface area contributed by atoms with Gasteiger partial charge in [0.2, 0.25) is 5.91 Å². The SMILES string of the molecule is CN(Cc1ccccc1)C(=O)CCNC(=O)NC1CCCc2cc(OC(F)F)ccc21. The molecule has 2 aromatic carbocycles. The summed E-state index contributed by atoms with van der Waals surface area (Å²) in [5.74, 6) is 0.0655. The van der Waals surface area contributed by atoms with Gasteiger partial charge >= 0.3 is 12.6 Å². The second kappa shape index (κ2) is 10.7. The van der Waals surface area contributed by atoms with E-state index in [1.54, 1.807) is 24.1 Å². The van der Waals surface area contributed by atoms with Crippen molar-refractivity contribution in [2.75, 3.05) is 13.6 Å². The predicted octanol–water partition coefficient (Wildman–Crippen LogP) is 4.01. The average molecular weight is 431 g/mol. The standard InChI is InChI=1S/C23H27F2N3O3/c1-28(15-16-6-3-2-4-7-16)21(29)12-13-26-23(30)27-20-9-5-8-17-14-18(31-22(24)25)10-11-19(17)20/h2-4,6-7,10-11,14,20,22H,5,8-9,12-13,15H2,1H3,(H2,26,27,30). The average Bonchev–Trinajstić information content (AvgIpc) is 2.74. The van der Waals surface area contributed by atoms with Crippen molar-refractivity contribution in [3.63, 3.8) is 0 Å². The lowest BCUT2D eigenvalue weighted by Crippen LogP contribution is -2.40. The second-order valence-corrected chi connectivity index (χ2v) is 7.57. The van der Waals surface area contributed by atoms with Crippen LogP contribution in [0, 0.1) is 0 Å². The lowest BCUT2D eigenvalue weighted by atomic mass is 9.87. The van der Waals surface area contributed by atoms with Gasteiger partial charge in [-0.2, -0.15) is 8.78 Å². The fourth-order valence-corrected chi connectivity index (χ4v) is 3.75. The van der Waals surface area contributed by atoms with Crippen LogP contribution in [0.5, 0.6) is 5.75 Å². The Morgan fingerprint density at radius 2 is 1.97 bits per heavy atom. The van der Waals surface area contributed by atoms with Gasteiger partial charge in [0, 0.05) is 26.6 Å². The van der Waals surface area contributed by atoms with Crippen LogP contribution in [0.3, 0.4) is 0 Å². The lowest BCUT2D eigenvalue weighted by Gasteiger charge is -2.27. The molecule has 31 heavy (non-hydrogen) atoms. The van der Waals surface area contributed by atoms with E-state index in [2.05, 4.69) is 15.4 Å². The summed E-state index contributed by atoms with van der Waals surface area (Å²) in [5.41, 5.74) is 2.84. The molecule has 1 atom stereocenters. The molecule has 3 rings (SSSR count). The molecule has 0 heterocycles. The molecule has 0 bridgehead atoms. The second-order valence-electron chi connectivity index (χ2n) is 7.57. The first-order chi connectivity index (χ1) is 14.9. The van der Waals surface area contributed by atoms with Gasteiger partial charge in [-0.25, -0.2) is 4.79 Å². The summed E-state index contributed by atoms with van der Waals surface area (Å²) in [6.45, 7) is -2.12. The monoisotopic (exact) mass is 431 g/mol. The topological polar surface area (TPSA) is 70.7 Å². The number of aryl methyl sites for hydroxylation is 1. The third kappa shape index (κ3) is 6.67. The zero-order chi connectivity index (χ0) is 22.2. The summed E-state index contributed by atoms with van der Waals surface area (Å²) in [5, 5.41) is 5.64. The largest absolute Gasteiger partial charge is 0.435 e. The van der Waals surface area contributed by atoms with Gasteiger partial charge in [0.1, 0.15) is 5.75 Å². The number of rotatable bonds is 8. The number of carbonyl (C=O) groups is 2. The van der Waals surface area contributed by atoms with E-state index in [0.717, 1.165) is 36.0 Å². The van der Waals surface area contributed by atoms with Crippen molar-refractivity contribution >= 4 is 11.9 Å². The molecule has 6 nitrogen and oxygen atoms in total. The first-order valence-corrected chi connectivity index (χ1v) is 10.3. The van der Waals surface area contributed by atoms with Gasteiger partial charge in [-0.15, -0.1) is 0 Å². The highest BCUT2D eigenvalue weighted by Crippen LogP contribution is 2.32. The number of hydrogen-bond donors (Lipinski definition) is 2. The zero-order valence-corrected chi connectivity index (χ0v) is 17.4. The number of fused-ring (bicyclic) bond motifs is 1. The molecule has 3 amide bonds. The molecule has 0 fully saturated rings. The molecule has 166 valence electrons.